The second-order valence-corrected chi connectivity index (χ2v) is 10.8. The average Bonchev–Trinajstić information content (AvgIpc) is 2.81. The van der Waals surface area contributed by atoms with Crippen LogP contribution in [0.3, 0.4) is 0 Å². The van der Waals surface area contributed by atoms with Gasteiger partial charge in [0.05, 0.1) is 5.69 Å². The number of nitrogens with zero attached hydrogens (tertiary/aromatic N) is 3. The van der Waals surface area contributed by atoms with Gasteiger partial charge in [-0.3, -0.25) is 9.59 Å². The van der Waals surface area contributed by atoms with Gasteiger partial charge < -0.3 is 10.2 Å². The monoisotopic (exact) mass is 506 g/mol. The fourth-order valence-electron chi connectivity index (χ4n) is 3.34. The van der Waals surface area contributed by atoms with Crippen molar-refractivity contribution >= 4 is 27.7 Å². The zero-order chi connectivity index (χ0) is 26.3. The van der Waals surface area contributed by atoms with E-state index in [1.807, 2.05) is 45.0 Å². The number of amides is 2. The second kappa shape index (κ2) is 12.1. The largest absolute Gasteiger partial charge is 0.352 e. The number of carbonyl (C=O) groups is 2. The van der Waals surface area contributed by atoms with E-state index in [1.165, 1.54) is 31.1 Å². The molecule has 0 aliphatic rings. The SMILES string of the molecule is CC[C@@H](C)NC(=O)[C@H](C)N(Cc1ccccc1C)C(=O)CN(c1ccc(F)cc1)S(=O)(=O)N(C)C. The molecular weight excluding hydrogens is 471 g/mol. The van der Waals surface area contributed by atoms with Crippen LogP contribution < -0.4 is 9.62 Å². The first kappa shape index (κ1) is 28.3. The van der Waals surface area contributed by atoms with E-state index < -0.39 is 34.5 Å². The lowest BCUT2D eigenvalue weighted by Gasteiger charge is -2.33. The molecular formula is C25H35FN4O4S. The van der Waals surface area contributed by atoms with Gasteiger partial charge in [0.1, 0.15) is 18.4 Å². The summed E-state index contributed by atoms with van der Waals surface area (Å²) in [6, 6.07) is 11.4. The third-order valence-electron chi connectivity index (χ3n) is 5.90. The summed E-state index contributed by atoms with van der Waals surface area (Å²) in [5.41, 5.74) is 1.92. The third-order valence-corrected chi connectivity index (χ3v) is 7.72. The van der Waals surface area contributed by atoms with Crippen LogP contribution in [0, 0.1) is 12.7 Å². The molecule has 0 saturated heterocycles. The molecule has 0 radical (unpaired) electrons. The van der Waals surface area contributed by atoms with Crippen LogP contribution in [0.15, 0.2) is 48.5 Å². The van der Waals surface area contributed by atoms with Gasteiger partial charge in [0.25, 0.3) is 0 Å². The van der Waals surface area contributed by atoms with Gasteiger partial charge in [-0.1, -0.05) is 31.2 Å². The minimum atomic E-state index is -4.09. The Balaban J connectivity index is 2.46. The number of nitrogens with one attached hydrogen (secondary N) is 1. The molecule has 0 aliphatic carbocycles. The molecule has 8 nitrogen and oxygen atoms in total. The molecule has 2 aromatic carbocycles. The van der Waals surface area contributed by atoms with Crippen LogP contribution in [0.1, 0.15) is 38.3 Å². The number of hydrogen-bond donors (Lipinski definition) is 1. The minimum Gasteiger partial charge on any atom is -0.352 e. The molecule has 2 amide bonds. The first-order valence-electron chi connectivity index (χ1n) is 11.5. The molecule has 0 aromatic heterocycles. The lowest BCUT2D eigenvalue weighted by atomic mass is 10.1. The quantitative estimate of drug-likeness (QED) is 0.507. The first-order chi connectivity index (χ1) is 16.4. The van der Waals surface area contributed by atoms with E-state index in [9.17, 15) is 22.4 Å². The van der Waals surface area contributed by atoms with E-state index in [2.05, 4.69) is 5.32 Å². The fraction of sp³-hybridized carbons (Fsp3) is 0.440. The average molecular weight is 507 g/mol. The molecule has 2 aromatic rings. The third kappa shape index (κ3) is 7.25. The van der Waals surface area contributed by atoms with Crippen molar-refractivity contribution in [2.75, 3.05) is 24.9 Å². The highest BCUT2D eigenvalue weighted by Crippen LogP contribution is 2.21. The molecule has 2 atom stereocenters. The van der Waals surface area contributed by atoms with Crippen molar-refractivity contribution < 1.29 is 22.4 Å². The molecule has 0 fully saturated rings. The first-order valence-corrected chi connectivity index (χ1v) is 12.9. The van der Waals surface area contributed by atoms with Gasteiger partial charge in [0.15, 0.2) is 0 Å². The van der Waals surface area contributed by atoms with Crippen LogP contribution >= 0.6 is 0 Å². The van der Waals surface area contributed by atoms with E-state index in [0.29, 0.717) is 0 Å². The molecule has 192 valence electrons. The van der Waals surface area contributed by atoms with E-state index in [0.717, 1.165) is 38.3 Å². The van der Waals surface area contributed by atoms with Crippen LogP contribution in [0.4, 0.5) is 10.1 Å². The number of carbonyl (C=O) groups excluding carboxylic acids is 2. The summed E-state index contributed by atoms with van der Waals surface area (Å²) in [5, 5.41) is 2.89. The topological polar surface area (TPSA) is 90.0 Å². The normalized spacial score (nSPS) is 13.3. The summed E-state index contributed by atoms with van der Waals surface area (Å²) < 4.78 is 41.6. The molecule has 0 bridgehead atoms. The van der Waals surface area contributed by atoms with Crippen molar-refractivity contribution in [3.63, 3.8) is 0 Å². The van der Waals surface area contributed by atoms with Crippen LogP contribution in [0.2, 0.25) is 0 Å². The van der Waals surface area contributed by atoms with Crippen LogP contribution in [0.5, 0.6) is 0 Å². The molecule has 35 heavy (non-hydrogen) atoms. The van der Waals surface area contributed by atoms with Crippen molar-refractivity contribution in [3.05, 3.63) is 65.5 Å². The van der Waals surface area contributed by atoms with Gasteiger partial charge in [-0.05, 0) is 62.6 Å². The highest BCUT2D eigenvalue weighted by Gasteiger charge is 2.33. The van der Waals surface area contributed by atoms with Crippen molar-refractivity contribution in [3.8, 4) is 0 Å². The molecule has 0 saturated carbocycles. The van der Waals surface area contributed by atoms with Gasteiger partial charge in [-0.2, -0.15) is 12.7 Å². The zero-order valence-electron chi connectivity index (χ0n) is 21.2. The summed E-state index contributed by atoms with van der Waals surface area (Å²) in [7, 11) is -1.39. The molecule has 0 heterocycles. The fourth-order valence-corrected chi connectivity index (χ4v) is 4.40. The minimum absolute atomic E-state index is 0.0785. The summed E-state index contributed by atoms with van der Waals surface area (Å²) in [6.07, 6.45) is 0.726. The number of halogens is 1. The number of benzene rings is 2. The lowest BCUT2D eigenvalue weighted by Crippen LogP contribution is -2.53. The Hall–Kier alpha value is -2.98. The number of hydrogen-bond acceptors (Lipinski definition) is 4. The van der Waals surface area contributed by atoms with Crippen LogP contribution in [-0.4, -0.2) is 62.2 Å². The number of rotatable bonds is 11. The molecule has 0 unspecified atom stereocenters. The van der Waals surface area contributed by atoms with Crippen molar-refractivity contribution in [2.24, 2.45) is 0 Å². The molecule has 10 heteroatoms. The second-order valence-electron chi connectivity index (χ2n) is 8.72. The maximum atomic E-state index is 13.6. The Kier molecular flexibility index (Phi) is 9.79. The number of aryl methyl sites for hydroxylation is 1. The molecule has 0 aliphatic heterocycles. The lowest BCUT2D eigenvalue weighted by molar-refractivity contribution is -0.139. The standard InChI is InChI=1S/C25H35FN4O4S/c1-7-19(3)27-25(32)20(4)29(16-21-11-9-8-10-18(21)2)24(31)17-30(35(33,34)28(5)6)23-14-12-22(26)13-15-23/h8-15,19-20H,7,16-17H2,1-6H3,(H,27,32)/t19-,20+/m1/s1. The van der Waals surface area contributed by atoms with Crippen molar-refractivity contribution in [2.45, 2.75) is 52.7 Å². The van der Waals surface area contributed by atoms with Crippen molar-refractivity contribution in [1.29, 1.82) is 0 Å². The Morgan fingerprint density at radius 1 is 1.03 bits per heavy atom. The Bertz CT molecular complexity index is 1120. The predicted molar refractivity (Wildman–Crippen MR) is 135 cm³/mol. The Morgan fingerprint density at radius 2 is 1.63 bits per heavy atom. The van der Waals surface area contributed by atoms with Crippen LogP contribution in [-0.2, 0) is 26.3 Å². The predicted octanol–water partition coefficient (Wildman–Crippen LogP) is 3.08. The van der Waals surface area contributed by atoms with Gasteiger partial charge in [0, 0.05) is 26.7 Å². The van der Waals surface area contributed by atoms with E-state index in [4.69, 9.17) is 0 Å². The zero-order valence-corrected chi connectivity index (χ0v) is 22.0. The summed E-state index contributed by atoms with van der Waals surface area (Å²) in [6.45, 7) is 6.91. The Labute approximate surface area is 207 Å². The van der Waals surface area contributed by atoms with Crippen molar-refractivity contribution in [1.82, 2.24) is 14.5 Å². The summed E-state index contributed by atoms with van der Waals surface area (Å²) in [4.78, 5) is 27.9. The summed E-state index contributed by atoms with van der Waals surface area (Å²) in [5.74, 6) is -1.42. The van der Waals surface area contributed by atoms with Gasteiger partial charge in [-0.15, -0.1) is 0 Å². The smallest absolute Gasteiger partial charge is 0.304 e. The molecule has 2 rings (SSSR count). The highest BCUT2D eigenvalue weighted by atomic mass is 32.2. The van der Waals surface area contributed by atoms with E-state index in [1.54, 1.807) is 6.92 Å². The highest BCUT2D eigenvalue weighted by molar-refractivity contribution is 7.90. The molecule has 1 N–H and O–H groups in total. The van der Waals surface area contributed by atoms with E-state index in [-0.39, 0.29) is 24.2 Å². The Morgan fingerprint density at radius 3 is 2.17 bits per heavy atom. The number of anilines is 1. The molecule has 0 spiro atoms. The van der Waals surface area contributed by atoms with Crippen LogP contribution in [0.25, 0.3) is 0 Å². The van der Waals surface area contributed by atoms with E-state index >= 15 is 0 Å². The maximum Gasteiger partial charge on any atom is 0.304 e. The van der Waals surface area contributed by atoms with Gasteiger partial charge in [0.2, 0.25) is 11.8 Å². The summed E-state index contributed by atoms with van der Waals surface area (Å²) >= 11 is 0. The van der Waals surface area contributed by atoms with Gasteiger partial charge >= 0.3 is 10.2 Å². The van der Waals surface area contributed by atoms with Gasteiger partial charge in [-0.25, -0.2) is 8.70 Å². The maximum absolute atomic E-state index is 13.6.